The van der Waals surface area contributed by atoms with Gasteiger partial charge < -0.3 is 20.3 Å². The quantitative estimate of drug-likeness (QED) is 0.0320. The Morgan fingerprint density at radius 3 is 0.826 bits per heavy atom. The van der Waals surface area contributed by atoms with Crippen LogP contribution in [0.15, 0.2) is 24.3 Å². The summed E-state index contributed by atoms with van der Waals surface area (Å²) in [6.07, 6.45) is 97.2. The lowest BCUT2D eigenvalue weighted by atomic mass is 10.0. The van der Waals surface area contributed by atoms with Crippen LogP contribution in [0.5, 0.6) is 0 Å². The maximum Gasteiger partial charge on any atom is 0.305 e. The minimum absolute atomic E-state index is 0.0160. The number of allylic oxidation sites excluding steroid dienone is 3. The predicted octanol–water partition coefficient (Wildman–Crippen LogP) is 26.0. The Morgan fingerprint density at radius 2 is 0.547 bits per heavy atom. The molecule has 510 valence electrons. The molecule has 6 heteroatoms. The molecule has 0 radical (unpaired) electrons. The summed E-state index contributed by atoms with van der Waals surface area (Å²) in [5.41, 5.74) is 0. The van der Waals surface area contributed by atoms with Crippen LogP contribution < -0.4 is 5.32 Å². The van der Waals surface area contributed by atoms with Crippen molar-refractivity contribution < 1.29 is 24.5 Å². The number of aliphatic hydroxyl groups is 2. The zero-order chi connectivity index (χ0) is 62.0. The third-order valence-corrected chi connectivity index (χ3v) is 18.7. The number of unbranched alkanes of at least 4 members (excludes halogenated alkanes) is 62. The maximum atomic E-state index is 12.6. The average molecular weight is 1210 g/mol. The van der Waals surface area contributed by atoms with Gasteiger partial charge in [-0.2, -0.15) is 0 Å². The van der Waals surface area contributed by atoms with Crippen LogP contribution in [0.2, 0.25) is 0 Å². The first-order valence-corrected chi connectivity index (χ1v) is 39.6. The molecule has 0 heterocycles. The topological polar surface area (TPSA) is 95.9 Å². The first kappa shape index (κ1) is 84.3. The summed E-state index contributed by atoms with van der Waals surface area (Å²) in [5, 5.41) is 23.3. The monoisotopic (exact) mass is 1210 g/mol. The number of aliphatic hydroxyl groups excluding tert-OH is 2. The summed E-state index contributed by atoms with van der Waals surface area (Å²) in [5.74, 6) is -0.0440. The molecule has 0 aliphatic rings. The molecular formula is C80H155NO5. The van der Waals surface area contributed by atoms with Gasteiger partial charge in [0.05, 0.1) is 25.4 Å². The van der Waals surface area contributed by atoms with E-state index in [4.69, 9.17) is 4.74 Å². The third kappa shape index (κ3) is 71.4. The second-order valence-corrected chi connectivity index (χ2v) is 27.4. The number of nitrogens with one attached hydrogen (secondary N) is 1. The highest BCUT2D eigenvalue weighted by Gasteiger charge is 2.18. The molecule has 0 aliphatic heterocycles. The van der Waals surface area contributed by atoms with E-state index in [2.05, 4.69) is 31.3 Å². The van der Waals surface area contributed by atoms with E-state index in [0.29, 0.717) is 19.4 Å². The molecule has 86 heavy (non-hydrogen) atoms. The van der Waals surface area contributed by atoms with E-state index in [-0.39, 0.29) is 18.5 Å². The van der Waals surface area contributed by atoms with Crippen LogP contribution in [-0.4, -0.2) is 47.4 Å². The fraction of sp³-hybridized carbons (Fsp3) is 0.925. The molecule has 6 nitrogen and oxygen atoms in total. The molecule has 0 saturated heterocycles. The smallest absolute Gasteiger partial charge is 0.305 e. The Kier molecular flexibility index (Phi) is 74.3. The van der Waals surface area contributed by atoms with Gasteiger partial charge in [0, 0.05) is 12.8 Å². The highest BCUT2D eigenvalue weighted by atomic mass is 16.5. The van der Waals surface area contributed by atoms with E-state index in [1.807, 2.05) is 6.08 Å². The predicted molar refractivity (Wildman–Crippen MR) is 380 cm³/mol. The highest BCUT2D eigenvalue weighted by Crippen LogP contribution is 2.20. The van der Waals surface area contributed by atoms with Gasteiger partial charge in [-0.15, -0.1) is 0 Å². The summed E-state index contributed by atoms with van der Waals surface area (Å²) in [6, 6.07) is -0.627. The molecular weight excluding hydrogens is 1050 g/mol. The Hall–Kier alpha value is -1.66. The van der Waals surface area contributed by atoms with Crippen molar-refractivity contribution in [2.24, 2.45) is 0 Å². The number of esters is 1. The minimum Gasteiger partial charge on any atom is -0.466 e. The van der Waals surface area contributed by atoms with E-state index in [0.717, 1.165) is 44.9 Å². The Labute approximate surface area is 539 Å². The lowest BCUT2D eigenvalue weighted by molar-refractivity contribution is -0.143. The standard InChI is InChI=1S/C80H155NO5/c1-3-5-7-9-11-13-15-17-19-21-23-24-25-31-34-37-40-44-48-52-56-60-64-68-72-78(83)77(76-82)81-79(84)73-69-65-61-57-53-49-45-41-38-35-32-29-27-26-28-30-33-36-39-43-47-51-55-59-63-67-71-75-86-80(85)74-70-66-62-58-54-50-46-42-22-20-18-16-14-12-10-8-6-4-2/h20,22,68,72,77-78,82-83H,3-19,21,23-67,69-71,73-76H2,1-2H3,(H,81,84)/b22-20-,72-68+. The van der Waals surface area contributed by atoms with Gasteiger partial charge in [0.2, 0.25) is 5.91 Å². The van der Waals surface area contributed by atoms with Gasteiger partial charge >= 0.3 is 5.97 Å². The molecule has 0 spiro atoms. The molecule has 0 bridgehead atoms. The van der Waals surface area contributed by atoms with Gasteiger partial charge in [-0.1, -0.05) is 404 Å². The van der Waals surface area contributed by atoms with Crippen molar-refractivity contribution in [3.63, 3.8) is 0 Å². The van der Waals surface area contributed by atoms with E-state index >= 15 is 0 Å². The second kappa shape index (κ2) is 75.8. The number of hydrogen-bond donors (Lipinski definition) is 3. The minimum atomic E-state index is -0.844. The molecule has 0 fully saturated rings. The third-order valence-electron chi connectivity index (χ3n) is 18.7. The largest absolute Gasteiger partial charge is 0.466 e. The van der Waals surface area contributed by atoms with Crippen molar-refractivity contribution in [2.75, 3.05) is 13.2 Å². The van der Waals surface area contributed by atoms with Gasteiger partial charge in [0.25, 0.3) is 0 Å². The van der Waals surface area contributed by atoms with E-state index in [1.165, 1.54) is 379 Å². The molecule has 0 aromatic carbocycles. The maximum absolute atomic E-state index is 12.6. The van der Waals surface area contributed by atoms with Crippen LogP contribution in [0.3, 0.4) is 0 Å². The van der Waals surface area contributed by atoms with Gasteiger partial charge in [0.15, 0.2) is 0 Å². The van der Waals surface area contributed by atoms with Crippen LogP contribution in [-0.2, 0) is 14.3 Å². The van der Waals surface area contributed by atoms with Crippen LogP contribution in [0.25, 0.3) is 0 Å². The zero-order valence-electron chi connectivity index (χ0n) is 58.6. The van der Waals surface area contributed by atoms with Crippen molar-refractivity contribution in [3.05, 3.63) is 24.3 Å². The summed E-state index contributed by atoms with van der Waals surface area (Å²) < 4.78 is 5.51. The van der Waals surface area contributed by atoms with Crippen LogP contribution in [0.4, 0.5) is 0 Å². The molecule has 1 amide bonds. The highest BCUT2D eigenvalue weighted by molar-refractivity contribution is 5.76. The normalized spacial score (nSPS) is 12.6. The number of amides is 1. The SMILES string of the molecule is CCCCCCCCC/C=C\CCCCCCCCCC(=O)OCCCCCCCCCCCCCCCCCCCCCCCCCCCCCC(=O)NC(CO)C(O)/C=C/CCCCCCCCCCCCCCCCCCCCCCCC. The number of rotatable bonds is 75. The van der Waals surface area contributed by atoms with Crippen molar-refractivity contribution in [1.29, 1.82) is 0 Å². The summed E-state index contributed by atoms with van der Waals surface area (Å²) >= 11 is 0. The molecule has 0 aromatic heterocycles. The molecule has 0 rings (SSSR count). The van der Waals surface area contributed by atoms with Gasteiger partial charge in [-0.25, -0.2) is 0 Å². The fourth-order valence-corrected chi connectivity index (χ4v) is 12.7. The number of carbonyl (C=O) groups is 2. The Balaban J connectivity index is 3.37. The molecule has 0 aromatic rings. The van der Waals surface area contributed by atoms with Crippen molar-refractivity contribution in [1.82, 2.24) is 5.32 Å². The van der Waals surface area contributed by atoms with Crippen molar-refractivity contribution in [2.45, 2.75) is 463 Å². The number of hydrogen-bond acceptors (Lipinski definition) is 5. The van der Waals surface area contributed by atoms with Gasteiger partial charge in [-0.05, 0) is 57.8 Å². The fourth-order valence-electron chi connectivity index (χ4n) is 12.7. The average Bonchev–Trinajstić information content (AvgIpc) is 3.54. The Morgan fingerprint density at radius 1 is 0.314 bits per heavy atom. The molecule has 2 unspecified atom stereocenters. The van der Waals surface area contributed by atoms with Gasteiger partial charge in [-0.3, -0.25) is 9.59 Å². The molecule has 0 saturated carbocycles. The van der Waals surface area contributed by atoms with Crippen molar-refractivity contribution in [3.8, 4) is 0 Å². The van der Waals surface area contributed by atoms with Gasteiger partial charge in [0.1, 0.15) is 0 Å². The lowest BCUT2D eigenvalue weighted by Gasteiger charge is -2.20. The molecule has 2 atom stereocenters. The number of ether oxygens (including phenoxy) is 1. The van der Waals surface area contributed by atoms with E-state index in [9.17, 15) is 19.8 Å². The first-order valence-electron chi connectivity index (χ1n) is 39.6. The zero-order valence-corrected chi connectivity index (χ0v) is 58.6. The lowest BCUT2D eigenvalue weighted by Crippen LogP contribution is -2.45. The van der Waals surface area contributed by atoms with Crippen LogP contribution >= 0.6 is 0 Å². The summed E-state index contributed by atoms with van der Waals surface area (Å²) in [7, 11) is 0. The van der Waals surface area contributed by atoms with Crippen LogP contribution in [0, 0.1) is 0 Å². The second-order valence-electron chi connectivity index (χ2n) is 27.4. The van der Waals surface area contributed by atoms with Crippen molar-refractivity contribution >= 4 is 11.9 Å². The van der Waals surface area contributed by atoms with Crippen LogP contribution in [0.1, 0.15) is 450 Å². The summed E-state index contributed by atoms with van der Waals surface area (Å²) in [6.45, 7) is 4.95. The molecule has 0 aliphatic carbocycles. The number of carbonyl (C=O) groups excluding carboxylic acids is 2. The molecule has 3 N–H and O–H groups in total. The summed E-state index contributed by atoms with van der Waals surface area (Å²) in [4.78, 5) is 24.7. The van der Waals surface area contributed by atoms with E-state index in [1.54, 1.807) is 6.08 Å². The van der Waals surface area contributed by atoms with E-state index < -0.39 is 12.1 Å². The first-order chi connectivity index (χ1) is 42.5. The Bertz CT molecular complexity index is 1350.